The van der Waals surface area contributed by atoms with Crippen LogP contribution in [0.5, 0.6) is 0 Å². The standard InChI is InChI=1S/C10H19NO2.ClH/c1-4-11-10(13-5-1)8-9-2-6-12-7-3-9;/h9-11H,1-8H2;1H. The molecule has 0 saturated carbocycles. The Morgan fingerprint density at radius 2 is 1.93 bits per heavy atom. The average Bonchev–Trinajstić information content (AvgIpc) is 2.21. The van der Waals surface area contributed by atoms with Crippen molar-refractivity contribution in [2.75, 3.05) is 26.4 Å². The van der Waals surface area contributed by atoms with Gasteiger partial charge in [-0.1, -0.05) is 0 Å². The Morgan fingerprint density at radius 1 is 1.14 bits per heavy atom. The lowest BCUT2D eigenvalue weighted by Gasteiger charge is -2.29. The van der Waals surface area contributed by atoms with Gasteiger partial charge in [-0.25, -0.2) is 0 Å². The number of hydrogen-bond acceptors (Lipinski definition) is 3. The van der Waals surface area contributed by atoms with Crippen LogP contribution >= 0.6 is 12.4 Å². The molecule has 2 aliphatic rings. The molecule has 3 nitrogen and oxygen atoms in total. The van der Waals surface area contributed by atoms with Gasteiger partial charge in [-0.2, -0.15) is 0 Å². The van der Waals surface area contributed by atoms with Crippen LogP contribution in [0.15, 0.2) is 0 Å². The third kappa shape index (κ3) is 3.73. The highest BCUT2D eigenvalue weighted by Crippen LogP contribution is 2.21. The van der Waals surface area contributed by atoms with Gasteiger partial charge in [-0.05, 0) is 38.1 Å². The number of halogens is 1. The van der Waals surface area contributed by atoms with E-state index in [9.17, 15) is 0 Å². The summed E-state index contributed by atoms with van der Waals surface area (Å²) in [7, 11) is 0. The van der Waals surface area contributed by atoms with Crippen LogP contribution in [0.25, 0.3) is 0 Å². The molecule has 2 aliphatic heterocycles. The smallest absolute Gasteiger partial charge is 0.108 e. The Kier molecular flexibility index (Phi) is 5.78. The van der Waals surface area contributed by atoms with E-state index >= 15 is 0 Å². The normalized spacial score (nSPS) is 29.6. The van der Waals surface area contributed by atoms with E-state index in [2.05, 4.69) is 5.32 Å². The second kappa shape index (κ2) is 6.62. The van der Waals surface area contributed by atoms with Gasteiger partial charge in [0.15, 0.2) is 0 Å². The van der Waals surface area contributed by atoms with Crippen molar-refractivity contribution < 1.29 is 9.47 Å². The first-order chi connectivity index (χ1) is 6.45. The molecule has 1 unspecified atom stereocenters. The average molecular weight is 222 g/mol. The predicted molar refractivity (Wildman–Crippen MR) is 57.8 cm³/mol. The summed E-state index contributed by atoms with van der Waals surface area (Å²) >= 11 is 0. The summed E-state index contributed by atoms with van der Waals surface area (Å²) in [6.45, 7) is 3.93. The lowest BCUT2D eigenvalue weighted by Crippen LogP contribution is -2.40. The molecule has 1 N–H and O–H groups in total. The van der Waals surface area contributed by atoms with Crippen molar-refractivity contribution in [3.63, 3.8) is 0 Å². The maximum absolute atomic E-state index is 5.63. The molecule has 0 spiro atoms. The van der Waals surface area contributed by atoms with Crippen LogP contribution in [0, 0.1) is 5.92 Å². The highest BCUT2D eigenvalue weighted by Gasteiger charge is 2.20. The summed E-state index contributed by atoms with van der Waals surface area (Å²) in [6.07, 6.45) is 5.06. The summed E-state index contributed by atoms with van der Waals surface area (Å²) in [4.78, 5) is 0. The van der Waals surface area contributed by atoms with Gasteiger partial charge in [0.25, 0.3) is 0 Å². The van der Waals surface area contributed by atoms with E-state index in [0.717, 1.165) is 38.7 Å². The van der Waals surface area contributed by atoms with Gasteiger partial charge in [0.2, 0.25) is 0 Å². The molecule has 0 aliphatic carbocycles. The van der Waals surface area contributed by atoms with Gasteiger partial charge in [0.05, 0.1) is 0 Å². The van der Waals surface area contributed by atoms with Gasteiger partial charge in [0.1, 0.15) is 6.23 Å². The second-order valence-electron chi connectivity index (χ2n) is 3.96. The van der Waals surface area contributed by atoms with Crippen LogP contribution in [0.4, 0.5) is 0 Å². The molecule has 2 rings (SSSR count). The number of nitrogens with one attached hydrogen (secondary N) is 1. The third-order valence-corrected chi connectivity index (χ3v) is 2.90. The highest BCUT2D eigenvalue weighted by atomic mass is 35.5. The van der Waals surface area contributed by atoms with E-state index in [-0.39, 0.29) is 12.4 Å². The Balaban J connectivity index is 0.000000980. The van der Waals surface area contributed by atoms with E-state index in [1.807, 2.05) is 0 Å². The maximum atomic E-state index is 5.63. The molecule has 0 aromatic rings. The molecule has 2 saturated heterocycles. The SMILES string of the molecule is C1CNC(CC2CCOCC2)OC1.Cl. The first kappa shape index (κ1) is 12.2. The van der Waals surface area contributed by atoms with Crippen LogP contribution in [-0.2, 0) is 9.47 Å². The molecule has 2 heterocycles. The molecule has 0 aromatic heterocycles. The van der Waals surface area contributed by atoms with Gasteiger partial charge in [-0.3, -0.25) is 5.32 Å². The van der Waals surface area contributed by atoms with Crippen molar-refractivity contribution in [3.05, 3.63) is 0 Å². The first-order valence-corrected chi connectivity index (χ1v) is 5.38. The fourth-order valence-electron chi connectivity index (χ4n) is 2.06. The quantitative estimate of drug-likeness (QED) is 0.768. The molecule has 0 radical (unpaired) electrons. The molecule has 0 aromatic carbocycles. The van der Waals surface area contributed by atoms with Gasteiger partial charge < -0.3 is 9.47 Å². The van der Waals surface area contributed by atoms with Crippen molar-refractivity contribution in [2.24, 2.45) is 5.92 Å². The predicted octanol–water partition coefficient (Wildman–Crippen LogP) is 1.56. The zero-order chi connectivity index (χ0) is 8.93. The lowest BCUT2D eigenvalue weighted by molar-refractivity contribution is -0.0275. The minimum absolute atomic E-state index is 0. The zero-order valence-electron chi connectivity index (χ0n) is 8.54. The molecule has 14 heavy (non-hydrogen) atoms. The van der Waals surface area contributed by atoms with E-state index in [1.165, 1.54) is 19.3 Å². The fraction of sp³-hybridized carbons (Fsp3) is 1.00. The van der Waals surface area contributed by atoms with Gasteiger partial charge in [0, 0.05) is 19.8 Å². The van der Waals surface area contributed by atoms with Crippen molar-refractivity contribution in [1.29, 1.82) is 0 Å². The van der Waals surface area contributed by atoms with E-state index in [4.69, 9.17) is 9.47 Å². The van der Waals surface area contributed by atoms with Gasteiger partial charge >= 0.3 is 0 Å². The topological polar surface area (TPSA) is 30.5 Å². The second-order valence-corrected chi connectivity index (χ2v) is 3.96. The van der Waals surface area contributed by atoms with Crippen LogP contribution in [0.3, 0.4) is 0 Å². The molecule has 84 valence electrons. The molecule has 4 heteroatoms. The highest BCUT2D eigenvalue weighted by molar-refractivity contribution is 5.85. The van der Waals surface area contributed by atoms with Crippen LogP contribution in [0.1, 0.15) is 25.7 Å². The van der Waals surface area contributed by atoms with E-state index in [1.54, 1.807) is 0 Å². The molecular weight excluding hydrogens is 202 g/mol. The zero-order valence-corrected chi connectivity index (χ0v) is 9.35. The van der Waals surface area contributed by atoms with Crippen LogP contribution in [-0.4, -0.2) is 32.6 Å². The molecular formula is C10H20ClNO2. The van der Waals surface area contributed by atoms with Crippen molar-refractivity contribution >= 4 is 12.4 Å². The summed E-state index contributed by atoms with van der Waals surface area (Å²) in [5.74, 6) is 0.810. The molecule has 1 atom stereocenters. The monoisotopic (exact) mass is 221 g/mol. The first-order valence-electron chi connectivity index (χ1n) is 5.38. The van der Waals surface area contributed by atoms with Crippen molar-refractivity contribution in [3.8, 4) is 0 Å². The minimum atomic E-state index is 0. The number of ether oxygens (including phenoxy) is 2. The third-order valence-electron chi connectivity index (χ3n) is 2.90. The summed E-state index contributed by atoms with van der Waals surface area (Å²) in [6, 6.07) is 0. The largest absolute Gasteiger partial charge is 0.381 e. The summed E-state index contributed by atoms with van der Waals surface area (Å²) in [5, 5.41) is 3.40. The molecule has 2 fully saturated rings. The Morgan fingerprint density at radius 3 is 2.57 bits per heavy atom. The van der Waals surface area contributed by atoms with Crippen molar-refractivity contribution in [2.45, 2.75) is 31.9 Å². The summed E-state index contributed by atoms with van der Waals surface area (Å²) < 4.78 is 11.0. The van der Waals surface area contributed by atoms with E-state index in [0.29, 0.717) is 6.23 Å². The Hall–Kier alpha value is 0.170. The van der Waals surface area contributed by atoms with Crippen LogP contribution < -0.4 is 5.32 Å². The Bertz CT molecular complexity index is 129. The fourth-order valence-corrected chi connectivity index (χ4v) is 2.06. The Labute approximate surface area is 91.9 Å². The number of hydrogen-bond donors (Lipinski definition) is 1. The lowest BCUT2D eigenvalue weighted by atomic mass is 9.95. The molecule has 0 amide bonds. The van der Waals surface area contributed by atoms with E-state index < -0.39 is 0 Å². The maximum Gasteiger partial charge on any atom is 0.108 e. The van der Waals surface area contributed by atoms with Crippen molar-refractivity contribution in [1.82, 2.24) is 5.32 Å². The molecule has 0 bridgehead atoms. The van der Waals surface area contributed by atoms with Crippen LogP contribution in [0.2, 0.25) is 0 Å². The minimum Gasteiger partial charge on any atom is -0.381 e. The summed E-state index contributed by atoms with van der Waals surface area (Å²) in [5.41, 5.74) is 0. The van der Waals surface area contributed by atoms with Gasteiger partial charge in [-0.15, -0.1) is 12.4 Å². The number of rotatable bonds is 2.